The van der Waals surface area contributed by atoms with Crippen molar-refractivity contribution >= 4 is 17.6 Å². The van der Waals surface area contributed by atoms with Crippen LogP contribution < -0.4 is 5.32 Å². The van der Waals surface area contributed by atoms with Gasteiger partial charge in [0.15, 0.2) is 0 Å². The van der Waals surface area contributed by atoms with Crippen LogP contribution in [0.1, 0.15) is 30.2 Å². The fourth-order valence-electron chi connectivity index (χ4n) is 2.93. The van der Waals surface area contributed by atoms with Crippen LogP contribution in [0.4, 0.5) is 24.8 Å². The quantitative estimate of drug-likeness (QED) is 0.525. The first-order chi connectivity index (χ1) is 14.7. The number of hydrogen-bond donors (Lipinski definition) is 1. The second-order valence-corrected chi connectivity index (χ2v) is 6.83. The van der Waals surface area contributed by atoms with Crippen LogP contribution in [0.2, 0.25) is 0 Å². The first-order valence-corrected chi connectivity index (χ1v) is 9.64. The lowest BCUT2D eigenvalue weighted by molar-refractivity contribution is -0.143. The molecular formula is C22H21F3N4O2. The van der Waals surface area contributed by atoms with Crippen LogP contribution in [0.5, 0.6) is 0 Å². The van der Waals surface area contributed by atoms with E-state index in [1.165, 1.54) is 0 Å². The molecule has 0 amide bonds. The Kier molecular flexibility index (Phi) is 6.84. The smallest absolute Gasteiger partial charge is 0.433 e. The zero-order chi connectivity index (χ0) is 22.4. The molecule has 9 heteroatoms. The number of aromatic nitrogens is 3. The average molecular weight is 430 g/mol. The minimum Gasteiger partial charge on any atom is -0.466 e. The third-order valence-corrected chi connectivity index (χ3v) is 4.32. The molecule has 0 fully saturated rings. The van der Waals surface area contributed by atoms with Gasteiger partial charge in [-0.25, -0.2) is 9.97 Å². The van der Waals surface area contributed by atoms with Gasteiger partial charge < -0.3 is 10.1 Å². The minimum atomic E-state index is -4.55. The zero-order valence-corrected chi connectivity index (χ0v) is 17.0. The molecule has 0 aliphatic carbocycles. The van der Waals surface area contributed by atoms with Gasteiger partial charge in [0, 0.05) is 30.1 Å². The summed E-state index contributed by atoms with van der Waals surface area (Å²) in [5, 5.41) is 2.82. The number of halogens is 3. The molecule has 1 N–H and O–H groups in total. The molecule has 0 saturated carbocycles. The van der Waals surface area contributed by atoms with Crippen molar-refractivity contribution in [3.8, 4) is 11.3 Å². The second-order valence-electron chi connectivity index (χ2n) is 6.83. The van der Waals surface area contributed by atoms with E-state index in [2.05, 4.69) is 20.3 Å². The van der Waals surface area contributed by atoms with Crippen LogP contribution >= 0.6 is 0 Å². The molecule has 6 nitrogen and oxygen atoms in total. The summed E-state index contributed by atoms with van der Waals surface area (Å²) in [5.74, 6) is -0.397. The Morgan fingerprint density at radius 2 is 1.94 bits per heavy atom. The predicted octanol–water partition coefficient (Wildman–Crippen LogP) is 5.11. The van der Waals surface area contributed by atoms with Crippen molar-refractivity contribution in [1.82, 2.24) is 15.0 Å². The van der Waals surface area contributed by atoms with Crippen molar-refractivity contribution in [3.63, 3.8) is 0 Å². The van der Waals surface area contributed by atoms with Crippen LogP contribution in [0.3, 0.4) is 0 Å². The Morgan fingerprint density at radius 3 is 2.61 bits per heavy atom. The molecule has 2 aromatic heterocycles. The highest BCUT2D eigenvalue weighted by Gasteiger charge is 2.32. The van der Waals surface area contributed by atoms with Gasteiger partial charge in [-0.2, -0.15) is 13.2 Å². The standard InChI is InChI=1S/C22H21F3N4O2/c1-3-31-20(30)7-5-15-4-6-18(27-13-15)16-10-14(2)11-17(12-16)28-21-26-9-8-19(29-21)22(23,24)25/h4,6,8-13H,3,5,7H2,1-2H3,(H,26,28,29). The van der Waals surface area contributed by atoms with Gasteiger partial charge in [0.2, 0.25) is 5.95 Å². The highest BCUT2D eigenvalue weighted by Crippen LogP contribution is 2.29. The molecule has 0 aliphatic rings. The molecule has 3 rings (SSSR count). The number of benzene rings is 1. The van der Waals surface area contributed by atoms with E-state index in [4.69, 9.17) is 4.74 Å². The molecule has 0 saturated heterocycles. The number of ether oxygens (including phenoxy) is 1. The normalized spacial score (nSPS) is 11.3. The zero-order valence-electron chi connectivity index (χ0n) is 17.0. The molecule has 2 heterocycles. The van der Waals surface area contributed by atoms with Gasteiger partial charge in [0.05, 0.1) is 12.3 Å². The Morgan fingerprint density at radius 1 is 1.13 bits per heavy atom. The molecule has 3 aromatic rings. The first kappa shape index (κ1) is 22.2. The number of aryl methyl sites for hydroxylation is 2. The van der Waals surface area contributed by atoms with E-state index in [9.17, 15) is 18.0 Å². The largest absolute Gasteiger partial charge is 0.466 e. The van der Waals surface area contributed by atoms with Crippen LogP contribution in [-0.2, 0) is 22.1 Å². The number of carbonyl (C=O) groups is 1. The van der Waals surface area contributed by atoms with E-state index >= 15 is 0 Å². The summed E-state index contributed by atoms with van der Waals surface area (Å²) in [6, 6.07) is 9.99. The summed E-state index contributed by atoms with van der Waals surface area (Å²) in [5.41, 5.74) is 2.80. The van der Waals surface area contributed by atoms with Crippen LogP contribution in [0.25, 0.3) is 11.3 Å². The molecule has 0 unspecified atom stereocenters. The third-order valence-electron chi connectivity index (χ3n) is 4.32. The Balaban J connectivity index is 1.76. The molecule has 162 valence electrons. The molecule has 0 atom stereocenters. The van der Waals surface area contributed by atoms with Gasteiger partial charge in [-0.3, -0.25) is 9.78 Å². The van der Waals surface area contributed by atoms with E-state index in [0.717, 1.165) is 29.0 Å². The summed E-state index contributed by atoms with van der Waals surface area (Å²) in [7, 11) is 0. The van der Waals surface area contributed by atoms with Gasteiger partial charge in [0.1, 0.15) is 5.69 Å². The number of esters is 1. The van der Waals surface area contributed by atoms with Crippen molar-refractivity contribution in [3.05, 3.63) is 65.6 Å². The minimum absolute atomic E-state index is 0.145. The van der Waals surface area contributed by atoms with Gasteiger partial charge in [-0.05, 0) is 61.7 Å². The molecule has 0 radical (unpaired) electrons. The molecule has 0 bridgehead atoms. The highest BCUT2D eigenvalue weighted by atomic mass is 19.4. The maximum absolute atomic E-state index is 12.9. The fraction of sp³-hybridized carbons (Fsp3) is 0.273. The van der Waals surface area contributed by atoms with Crippen molar-refractivity contribution in [2.45, 2.75) is 32.9 Å². The lowest BCUT2D eigenvalue weighted by Crippen LogP contribution is -2.10. The van der Waals surface area contributed by atoms with E-state index < -0.39 is 11.9 Å². The van der Waals surface area contributed by atoms with Gasteiger partial charge >= 0.3 is 12.1 Å². The monoisotopic (exact) mass is 430 g/mol. The fourth-order valence-corrected chi connectivity index (χ4v) is 2.93. The molecule has 1 aromatic carbocycles. The van der Waals surface area contributed by atoms with Gasteiger partial charge in [0.25, 0.3) is 0 Å². The summed E-state index contributed by atoms with van der Waals surface area (Å²) in [4.78, 5) is 23.3. The summed E-state index contributed by atoms with van der Waals surface area (Å²) < 4.78 is 43.5. The number of alkyl halides is 3. The number of pyridine rings is 1. The highest BCUT2D eigenvalue weighted by molar-refractivity contribution is 5.70. The molecule has 31 heavy (non-hydrogen) atoms. The van der Waals surface area contributed by atoms with Gasteiger partial charge in [-0.1, -0.05) is 6.07 Å². The summed E-state index contributed by atoms with van der Waals surface area (Å²) >= 11 is 0. The number of anilines is 2. The number of nitrogens with zero attached hydrogens (tertiary/aromatic N) is 3. The van der Waals surface area contributed by atoms with Crippen molar-refractivity contribution in [2.24, 2.45) is 0 Å². The van der Waals surface area contributed by atoms with E-state index in [-0.39, 0.29) is 18.3 Å². The maximum Gasteiger partial charge on any atom is 0.433 e. The SMILES string of the molecule is CCOC(=O)CCc1ccc(-c2cc(C)cc(Nc3nccc(C(F)(F)F)n3)c2)nc1. The van der Waals surface area contributed by atoms with Gasteiger partial charge in [-0.15, -0.1) is 0 Å². The van der Waals surface area contributed by atoms with Crippen molar-refractivity contribution in [1.29, 1.82) is 0 Å². The van der Waals surface area contributed by atoms with Crippen LogP contribution in [0.15, 0.2) is 48.8 Å². The maximum atomic E-state index is 12.9. The average Bonchev–Trinajstić information content (AvgIpc) is 2.72. The van der Waals surface area contributed by atoms with E-state index in [1.807, 2.05) is 25.1 Å². The third kappa shape index (κ3) is 6.24. The summed E-state index contributed by atoms with van der Waals surface area (Å²) in [6.45, 7) is 3.99. The topological polar surface area (TPSA) is 77.0 Å². The first-order valence-electron chi connectivity index (χ1n) is 9.64. The number of hydrogen-bond acceptors (Lipinski definition) is 6. The Hall–Kier alpha value is -3.49. The lowest BCUT2D eigenvalue weighted by atomic mass is 10.1. The lowest BCUT2D eigenvalue weighted by Gasteiger charge is -2.11. The summed E-state index contributed by atoms with van der Waals surface area (Å²) in [6.07, 6.45) is -0.981. The second kappa shape index (κ2) is 9.55. The Bertz CT molecular complexity index is 1050. The van der Waals surface area contributed by atoms with Crippen LogP contribution in [-0.4, -0.2) is 27.5 Å². The number of nitrogens with one attached hydrogen (secondary N) is 1. The van der Waals surface area contributed by atoms with E-state index in [0.29, 0.717) is 24.4 Å². The Labute approximate surface area is 177 Å². The molecule has 0 aliphatic heterocycles. The van der Waals surface area contributed by atoms with Crippen LogP contribution in [0, 0.1) is 6.92 Å². The number of carbonyl (C=O) groups excluding carboxylic acids is 1. The molecular weight excluding hydrogens is 409 g/mol. The molecule has 0 spiro atoms. The number of rotatable bonds is 7. The van der Waals surface area contributed by atoms with Crippen molar-refractivity contribution < 1.29 is 22.7 Å². The predicted molar refractivity (Wildman–Crippen MR) is 110 cm³/mol. The van der Waals surface area contributed by atoms with Crippen molar-refractivity contribution in [2.75, 3.05) is 11.9 Å². The van der Waals surface area contributed by atoms with E-state index in [1.54, 1.807) is 25.3 Å².